The predicted molar refractivity (Wildman–Crippen MR) is 163 cm³/mol. The monoisotopic (exact) mass is 577 g/mol. The highest BCUT2D eigenvalue weighted by Crippen LogP contribution is 2.33. The fourth-order valence-corrected chi connectivity index (χ4v) is 5.44. The van der Waals surface area contributed by atoms with Crippen LogP contribution in [0.2, 0.25) is 0 Å². The van der Waals surface area contributed by atoms with E-state index in [0.29, 0.717) is 6.42 Å². The van der Waals surface area contributed by atoms with E-state index in [2.05, 4.69) is 16.0 Å². The zero-order valence-corrected chi connectivity index (χ0v) is 25.7. The maximum atomic E-state index is 13.8. The standard InChI is InChI=1S/C34H47N3O5/c1-23(2)30(36-33(41)42-22-25-16-10-7-11-17-25)32(40)35-28(20-24-14-8-6-9-15-24)29(38)21-26-18-12-13-19-27(26)31(39)37-34(3,4)5/h6-11,14-17,23,26-28,30H,12-13,18-22H2,1-5H3,(H,35,40)(H,36,41)(H,37,39)/t26-,27+,28-,30-/m0/s1. The Bertz CT molecular complexity index is 1180. The number of amides is 3. The fraction of sp³-hybridized carbons (Fsp3) is 0.529. The van der Waals surface area contributed by atoms with Crippen molar-refractivity contribution in [2.45, 2.75) is 97.4 Å². The molecule has 0 aromatic heterocycles. The summed E-state index contributed by atoms with van der Waals surface area (Å²) in [6.07, 6.45) is 3.30. The second-order valence-electron chi connectivity index (χ2n) is 12.7. The largest absolute Gasteiger partial charge is 0.445 e. The highest BCUT2D eigenvalue weighted by atomic mass is 16.5. The molecule has 8 nitrogen and oxygen atoms in total. The van der Waals surface area contributed by atoms with Crippen molar-refractivity contribution in [2.24, 2.45) is 17.8 Å². The van der Waals surface area contributed by atoms with Gasteiger partial charge in [-0.05, 0) is 63.0 Å². The molecule has 8 heteroatoms. The van der Waals surface area contributed by atoms with Gasteiger partial charge in [-0.15, -0.1) is 0 Å². The highest BCUT2D eigenvalue weighted by Gasteiger charge is 2.36. The van der Waals surface area contributed by atoms with E-state index in [1.165, 1.54) is 0 Å². The van der Waals surface area contributed by atoms with Crippen LogP contribution in [-0.2, 0) is 32.1 Å². The average Bonchev–Trinajstić information content (AvgIpc) is 2.94. The zero-order chi connectivity index (χ0) is 30.7. The Morgan fingerprint density at radius 2 is 1.45 bits per heavy atom. The Kier molecular flexibility index (Phi) is 12.1. The van der Waals surface area contributed by atoms with Gasteiger partial charge in [-0.1, -0.05) is 87.4 Å². The third-order valence-electron chi connectivity index (χ3n) is 7.63. The number of Topliss-reactive ketones (excluding diaryl/α,β-unsaturated/α-hetero) is 1. The molecule has 0 aliphatic heterocycles. The van der Waals surface area contributed by atoms with Crippen LogP contribution in [0.3, 0.4) is 0 Å². The van der Waals surface area contributed by atoms with Crippen molar-refractivity contribution in [3.05, 3.63) is 71.8 Å². The molecule has 0 unspecified atom stereocenters. The Balaban J connectivity index is 1.71. The van der Waals surface area contributed by atoms with Crippen LogP contribution in [0.25, 0.3) is 0 Å². The number of benzene rings is 2. The van der Waals surface area contributed by atoms with Crippen molar-refractivity contribution in [3.63, 3.8) is 0 Å². The van der Waals surface area contributed by atoms with Crippen LogP contribution < -0.4 is 16.0 Å². The number of hydrogen-bond donors (Lipinski definition) is 3. The molecule has 42 heavy (non-hydrogen) atoms. The average molecular weight is 578 g/mol. The molecule has 0 radical (unpaired) electrons. The summed E-state index contributed by atoms with van der Waals surface area (Å²) < 4.78 is 5.34. The molecular formula is C34H47N3O5. The summed E-state index contributed by atoms with van der Waals surface area (Å²) in [5, 5.41) is 8.71. The molecule has 3 N–H and O–H groups in total. The zero-order valence-electron chi connectivity index (χ0n) is 25.7. The van der Waals surface area contributed by atoms with Gasteiger partial charge in [0, 0.05) is 17.9 Å². The fourth-order valence-electron chi connectivity index (χ4n) is 5.44. The van der Waals surface area contributed by atoms with E-state index in [-0.39, 0.29) is 48.0 Å². The van der Waals surface area contributed by atoms with Crippen LogP contribution >= 0.6 is 0 Å². The smallest absolute Gasteiger partial charge is 0.408 e. The summed E-state index contributed by atoms with van der Waals surface area (Å²) in [5.41, 5.74) is 1.40. The quantitative estimate of drug-likeness (QED) is 0.315. The Morgan fingerprint density at radius 3 is 2.05 bits per heavy atom. The molecule has 2 aromatic carbocycles. The summed E-state index contributed by atoms with van der Waals surface area (Å²) in [4.78, 5) is 53.0. The van der Waals surface area contributed by atoms with Gasteiger partial charge >= 0.3 is 6.09 Å². The highest BCUT2D eigenvalue weighted by molar-refractivity contribution is 5.93. The Hall–Kier alpha value is -3.68. The van der Waals surface area contributed by atoms with Crippen molar-refractivity contribution in [1.82, 2.24) is 16.0 Å². The lowest BCUT2D eigenvalue weighted by Crippen LogP contribution is -2.54. The SMILES string of the molecule is CC(C)[C@H](NC(=O)OCc1ccccc1)C(=O)N[C@@H](Cc1ccccc1)C(=O)C[C@@H]1CCCC[C@H]1C(=O)NC(C)(C)C. The molecule has 3 rings (SSSR count). The van der Waals surface area contributed by atoms with Gasteiger partial charge in [0.2, 0.25) is 11.8 Å². The predicted octanol–water partition coefficient (Wildman–Crippen LogP) is 5.35. The van der Waals surface area contributed by atoms with Gasteiger partial charge in [-0.2, -0.15) is 0 Å². The van der Waals surface area contributed by atoms with E-state index in [1.54, 1.807) is 0 Å². The Labute approximate surface area is 250 Å². The number of rotatable bonds is 12. The van der Waals surface area contributed by atoms with Gasteiger partial charge in [-0.3, -0.25) is 14.4 Å². The molecule has 228 valence electrons. The topological polar surface area (TPSA) is 114 Å². The number of hydrogen-bond acceptors (Lipinski definition) is 5. The summed E-state index contributed by atoms with van der Waals surface area (Å²) in [5.74, 6) is -1.13. The van der Waals surface area contributed by atoms with E-state index in [0.717, 1.165) is 36.8 Å². The molecule has 1 aliphatic rings. The summed E-state index contributed by atoms with van der Waals surface area (Å²) in [6.45, 7) is 9.60. The number of ketones is 1. The first kappa shape index (κ1) is 32.8. The van der Waals surface area contributed by atoms with Gasteiger partial charge in [-0.25, -0.2) is 4.79 Å². The summed E-state index contributed by atoms with van der Waals surface area (Å²) >= 11 is 0. The number of ether oxygens (including phenoxy) is 1. The number of alkyl carbamates (subject to hydrolysis) is 1. The minimum absolute atomic E-state index is 0.0123. The Morgan fingerprint density at radius 1 is 0.857 bits per heavy atom. The number of carbonyl (C=O) groups excluding carboxylic acids is 4. The van der Waals surface area contributed by atoms with Crippen molar-refractivity contribution in [1.29, 1.82) is 0 Å². The van der Waals surface area contributed by atoms with E-state index in [1.807, 2.05) is 95.3 Å². The molecule has 0 spiro atoms. The first-order valence-corrected chi connectivity index (χ1v) is 15.1. The minimum atomic E-state index is -0.890. The van der Waals surface area contributed by atoms with Gasteiger partial charge in [0.05, 0.1) is 6.04 Å². The van der Waals surface area contributed by atoms with Crippen LogP contribution in [0.4, 0.5) is 4.79 Å². The van der Waals surface area contributed by atoms with E-state index in [9.17, 15) is 19.2 Å². The molecule has 0 saturated heterocycles. The third kappa shape index (κ3) is 10.6. The van der Waals surface area contributed by atoms with E-state index in [4.69, 9.17) is 4.74 Å². The number of nitrogens with one attached hydrogen (secondary N) is 3. The van der Waals surface area contributed by atoms with Crippen molar-refractivity contribution in [3.8, 4) is 0 Å². The summed E-state index contributed by atoms with van der Waals surface area (Å²) in [6, 6.07) is 17.2. The molecule has 4 atom stereocenters. The first-order chi connectivity index (χ1) is 19.9. The second-order valence-corrected chi connectivity index (χ2v) is 12.7. The molecule has 0 heterocycles. The second kappa shape index (κ2) is 15.5. The van der Waals surface area contributed by atoms with Gasteiger partial charge in [0.1, 0.15) is 12.6 Å². The molecule has 3 amide bonds. The van der Waals surface area contributed by atoms with Crippen molar-refractivity contribution >= 4 is 23.7 Å². The maximum absolute atomic E-state index is 13.8. The first-order valence-electron chi connectivity index (χ1n) is 15.1. The van der Waals surface area contributed by atoms with Crippen LogP contribution in [-0.4, -0.2) is 41.3 Å². The molecular weight excluding hydrogens is 530 g/mol. The molecule has 2 aromatic rings. The van der Waals surface area contributed by atoms with E-state index < -0.39 is 24.1 Å². The van der Waals surface area contributed by atoms with Gasteiger partial charge < -0.3 is 20.7 Å². The van der Waals surface area contributed by atoms with Gasteiger partial charge in [0.25, 0.3) is 0 Å². The third-order valence-corrected chi connectivity index (χ3v) is 7.63. The number of carbonyl (C=O) groups is 4. The lowest BCUT2D eigenvalue weighted by Gasteiger charge is -2.34. The van der Waals surface area contributed by atoms with Crippen LogP contribution in [0.15, 0.2) is 60.7 Å². The molecule has 1 saturated carbocycles. The van der Waals surface area contributed by atoms with Gasteiger partial charge in [0.15, 0.2) is 5.78 Å². The lowest BCUT2D eigenvalue weighted by molar-refractivity contribution is -0.133. The molecule has 0 bridgehead atoms. The van der Waals surface area contributed by atoms with Crippen LogP contribution in [0.5, 0.6) is 0 Å². The summed E-state index contributed by atoms with van der Waals surface area (Å²) in [7, 11) is 0. The minimum Gasteiger partial charge on any atom is -0.445 e. The van der Waals surface area contributed by atoms with Crippen LogP contribution in [0, 0.1) is 17.8 Å². The maximum Gasteiger partial charge on any atom is 0.408 e. The van der Waals surface area contributed by atoms with E-state index >= 15 is 0 Å². The van der Waals surface area contributed by atoms with Crippen molar-refractivity contribution < 1.29 is 23.9 Å². The van der Waals surface area contributed by atoms with Crippen molar-refractivity contribution in [2.75, 3.05) is 0 Å². The van der Waals surface area contributed by atoms with Crippen LogP contribution in [0.1, 0.15) is 77.8 Å². The lowest BCUT2D eigenvalue weighted by atomic mass is 9.75. The molecule has 1 aliphatic carbocycles. The normalized spacial score (nSPS) is 18.4. The molecule has 1 fully saturated rings.